The van der Waals surface area contributed by atoms with Crippen LogP contribution < -0.4 is 0 Å². The average Bonchev–Trinajstić information content (AvgIpc) is 2.85. The number of hydrogen-bond acceptors (Lipinski definition) is 2. The van der Waals surface area contributed by atoms with E-state index < -0.39 is 6.10 Å². The van der Waals surface area contributed by atoms with E-state index in [1.165, 1.54) is 10.8 Å². The van der Waals surface area contributed by atoms with Crippen LogP contribution in [0.5, 0.6) is 0 Å². The molecule has 0 spiro atoms. The van der Waals surface area contributed by atoms with E-state index in [2.05, 4.69) is 35.4 Å². The van der Waals surface area contributed by atoms with Crippen LogP contribution in [-0.2, 0) is 13.5 Å². The zero-order valence-corrected chi connectivity index (χ0v) is 10.8. The van der Waals surface area contributed by atoms with Gasteiger partial charge in [-0.25, -0.2) is 0 Å². The van der Waals surface area contributed by atoms with Crippen LogP contribution in [0.4, 0.5) is 0 Å². The van der Waals surface area contributed by atoms with Crippen molar-refractivity contribution in [3.05, 3.63) is 66.0 Å². The van der Waals surface area contributed by atoms with Gasteiger partial charge in [0.05, 0.1) is 12.3 Å². The molecule has 1 atom stereocenters. The van der Waals surface area contributed by atoms with Crippen molar-refractivity contribution in [2.45, 2.75) is 12.5 Å². The molecule has 19 heavy (non-hydrogen) atoms. The SMILES string of the molecule is Cn1cc(C(O)Cc2ccc3ccccc3c2)cn1. The maximum atomic E-state index is 10.2. The lowest BCUT2D eigenvalue weighted by Crippen LogP contribution is -2.00. The van der Waals surface area contributed by atoms with Gasteiger partial charge in [0.2, 0.25) is 0 Å². The Hall–Kier alpha value is -2.13. The topological polar surface area (TPSA) is 38.0 Å². The average molecular weight is 252 g/mol. The molecule has 0 saturated carbocycles. The zero-order chi connectivity index (χ0) is 13.2. The van der Waals surface area contributed by atoms with Gasteiger partial charge in [-0.1, -0.05) is 42.5 Å². The molecule has 1 unspecified atom stereocenters. The summed E-state index contributed by atoms with van der Waals surface area (Å²) in [6, 6.07) is 14.6. The van der Waals surface area contributed by atoms with Gasteiger partial charge in [-0.05, 0) is 16.3 Å². The molecule has 1 heterocycles. The second-order valence-corrected chi connectivity index (χ2v) is 4.85. The molecular formula is C16H16N2O. The van der Waals surface area contributed by atoms with E-state index in [1.807, 2.05) is 25.4 Å². The lowest BCUT2D eigenvalue weighted by molar-refractivity contribution is 0.178. The predicted molar refractivity (Wildman–Crippen MR) is 75.8 cm³/mol. The molecule has 3 heteroatoms. The summed E-state index contributed by atoms with van der Waals surface area (Å²) in [5.74, 6) is 0. The summed E-state index contributed by atoms with van der Waals surface area (Å²) in [5, 5.41) is 16.7. The Morgan fingerprint density at radius 2 is 1.95 bits per heavy atom. The Morgan fingerprint density at radius 1 is 1.16 bits per heavy atom. The Labute approximate surface area is 112 Å². The minimum absolute atomic E-state index is 0.505. The second kappa shape index (κ2) is 4.86. The Kier molecular flexibility index (Phi) is 3.05. The second-order valence-electron chi connectivity index (χ2n) is 4.85. The molecule has 1 aromatic heterocycles. The number of benzene rings is 2. The van der Waals surface area contributed by atoms with Gasteiger partial charge in [0.1, 0.15) is 0 Å². The van der Waals surface area contributed by atoms with Gasteiger partial charge in [-0.2, -0.15) is 5.10 Å². The van der Waals surface area contributed by atoms with Gasteiger partial charge in [0.25, 0.3) is 0 Å². The van der Waals surface area contributed by atoms with Crippen molar-refractivity contribution >= 4 is 10.8 Å². The van der Waals surface area contributed by atoms with Crippen molar-refractivity contribution in [2.24, 2.45) is 7.05 Å². The molecule has 0 bridgehead atoms. The molecule has 0 aliphatic heterocycles. The zero-order valence-electron chi connectivity index (χ0n) is 10.8. The van der Waals surface area contributed by atoms with Crippen LogP contribution in [0.15, 0.2) is 54.9 Å². The quantitative estimate of drug-likeness (QED) is 0.778. The van der Waals surface area contributed by atoms with Crippen molar-refractivity contribution in [1.29, 1.82) is 0 Å². The summed E-state index contributed by atoms with van der Waals surface area (Å²) in [7, 11) is 1.85. The molecule has 3 aromatic rings. The monoisotopic (exact) mass is 252 g/mol. The van der Waals surface area contributed by atoms with Crippen LogP contribution in [0.1, 0.15) is 17.2 Å². The Balaban J connectivity index is 1.84. The minimum Gasteiger partial charge on any atom is -0.388 e. The van der Waals surface area contributed by atoms with Crippen molar-refractivity contribution in [3.8, 4) is 0 Å². The van der Waals surface area contributed by atoms with Crippen molar-refractivity contribution < 1.29 is 5.11 Å². The highest BCUT2D eigenvalue weighted by molar-refractivity contribution is 5.82. The number of rotatable bonds is 3. The molecular weight excluding hydrogens is 236 g/mol. The summed E-state index contributed by atoms with van der Waals surface area (Å²) >= 11 is 0. The third-order valence-electron chi connectivity index (χ3n) is 3.35. The van der Waals surface area contributed by atoms with Crippen molar-refractivity contribution in [1.82, 2.24) is 9.78 Å². The van der Waals surface area contributed by atoms with Gasteiger partial charge in [-0.15, -0.1) is 0 Å². The van der Waals surface area contributed by atoms with Crippen LogP contribution >= 0.6 is 0 Å². The van der Waals surface area contributed by atoms with E-state index in [-0.39, 0.29) is 0 Å². The van der Waals surface area contributed by atoms with Crippen LogP contribution in [0.2, 0.25) is 0 Å². The maximum absolute atomic E-state index is 10.2. The first-order valence-electron chi connectivity index (χ1n) is 6.37. The number of aliphatic hydroxyl groups is 1. The molecule has 2 aromatic carbocycles. The first-order valence-corrected chi connectivity index (χ1v) is 6.37. The highest BCUT2D eigenvalue weighted by atomic mass is 16.3. The minimum atomic E-state index is -0.505. The molecule has 0 saturated heterocycles. The van der Waals surface area contributed by atoms with Crippen LogP contribution in [0.3, 0.4) is 0 Å². The fraction of sp³-hybridized carbons (Fsp3) is 0.188. The van der Waals surface area contributed by atoms with E-state index in [9.17, 15) is 5.11 Å². The van der Waals surface area contributed by atoms with Crippen LogP contribution in [0, 0.1) is 0 Å². The number of hydrogen-bond donors (Lipinski definition) is 1. The number of nitrogens with zero attached hydrogens (tertiary/aromatic N) is 2. The summed E-state index contributed by atoms with van der Waals surface area (Å²) < 4.78 is 1.71. The Morgan fingerprint density at radius 3 is 2.68 bits per heavy atom. The lowest BCUT2D eigenvalue weighted by Gasteiger charge is -2.09. The predicted octanol–water partition coefficient (Wildman–Crippen LogP) is 2.85. The van der Waals surface area contributed by atoms with E-state index >= 15 is 0 Å². The molecule has 1 N–H and O–H groups in total. The first kappa shape index (κ1) is 11.9. The molecule has 0 radical (unpaired) electrons. The summed E-state index contributed by atoms with van der Waals surface area (Å²) in [5.41, 5.74) is 1.99. The molecule has 3 rings (SSSR count). The summed E-state index contributed by atoms with van der Waals surface area (Å²) in [4.78, 5) is 0. The summed E-state index contributed by atoms with van der Waals surface area (Å²) in [6.45, 7) is 0. The molecule has 3 nitrogen and oxygen atoms in total. The van der Waals surface area contributed by atoms with Gasteiger partial charge >= 0.3 is 0 Å². The van der Waals surface area contributed by atoms with E-state index in [4.69, 9.17) is 0 Å². The van der Waals surface area contributed by atoms with Crippen molar-refractivity contribution in [3.63, 3.8) is 0 Å². The number of aliphatic hydroxyl groups excluding tert-OH is 1. The normalized spacial score (nSPS) is 12.7. The van der Waals surface area contributed by atoms with E-state index in [0.29, 0.717) is 6.42 Å². The number of aryl methyl sites for hydroxylation is 1. The third-order valence-corrected chi connectivity index (χ3v) is 3.35. The van der Waals surface area contributed by atoms with Crippen molar-refractivity contribution in [2.75, 3.05) is 0 Å². The van der Waals surface area contributed by atoms with Gasteiger partial charge in [0, 0.05) is 25.2 Å². The lowest BCUT2D eigenvalue weighted by atomic mass is 10.0. The highest BCUT2D eigenvalue weighted by Crippen LogP contribution is 2.21. The van der Waals surface area contributed by atoms with Gasteiger partial charge < -0.3 is 5.11 Å². The molecule has 0 aliphatic rings. The van der Waals surface area contributed by atoms with Gasteiger partial charge in [0.15, 0.2) is 0 Å². The molecule has 96 valence electrons. The third kappa shape index (κ3) is 2.51. The Bertz CT molecular complexity index is 703. The summed E-state index contributed by atoms with van der Waals surface area (Å²) in [6.07, 6.45) is 3.67. The largest absolute Gasteiger partial charge is 0.388 e. The maximum Gasteiger partial charge on any atom is 0.0860 e. The smallest absolute Gasteiger partial charge is 0.0860 e. The van der Waals surface area contributed by atoms with E-state index in [0.717, 1.165) is 11.1 Å². The number of fused-ring (bicyclic) bond motifs is 1. The highest BCUT2D eigenvalue weighted by Gasteiger charge is 2.10. The fourth-order valence-electron chi connectivity index (χ4n) is 2.32. The van der Waals surface area contributed by atoms with Crippen LogP contribution in [0.25, 0.3) is 10.8 Å². The van der Waals surface area contributed by atoms with Gasteiger partial charge in [-0.3, -0.25) is 4.68 Å². The van der Waals surface area contributed by atoms with E-state index in [1.54, 1.807) is 10.9 Å². The fourth-order valence-corrected chi connectivity index (χ4v) is 2.32. The molecule has 0 aliphatic carbocycles. The first-order chi connectivity index (χ1) is 9.22. The standard InChI is InChI=1S/C16H16N2O/c1-18-11-15(10-17-18)16(19)9-12-6-7-13-4-2-3-5-14(13)8-12/h2-8,10-11,16,19H,9H2,1H3. The molecule has 0 amide bonds. The van der Waals surface area contributed by atoms with Crippen LogP contribution in [-0.4, -0.2) is 14.9 Å². The molecule has 0 fully saturated rings. The number of aromatic nitrogens is 2.